The van der Waals surface area contributed by atoms with E-state index in [4.69, 9.17) is 0 Å². The van der Waals surface area contributed by atoms with Crippen molar-refractivity contribution in [1.29, 1.82) is 0 Å². The fraction of sp³-hybridized carbons (Fsp3) is 0.833. The van der Waals surface area contributed by atoms with Crippen molar-refractivity contribution in [2.45, 2.75) is 70.3 Å². The Balaban J connectivity index is 1.69. The van der Waals surface area contributed by atoms with Crippen molar-refractivity contribution >= 4 is 5.78 Å². The molecule has 0 spiro atoms. The van der Waals surface area contributed by atoms with Crippen LogP contribution in [0, 0.1) is 23.2 Å². The van der Waals surface area contributed by atoms with Crippen LogP contribution in [0.5, 0.6) is 0 Å². The Hall–Kier alpha value is -0.630. The second-order valence-electron chi connectivity index (χ2n) is 8.06. The van der Waals surface area contributed by atoms with Gasteiger partial charge in [-0.05, 0) is 79.8 Å². The maximum atomic E-state index is 11.7. The lowest BCUT2D eigenvalue weighted by molar-refractivity contribution is -0.124. The van der Waals surface area contributed by atoms with Gasteiger partial charge in [-0.25, -0.2) is 0 Å². The zero-order valence-electron chi connectivity index (χ0n) is 12.5. The van der Waals surface area contributed by atoms with E-state index in [1.807, 2.05) is 0 Å². The summed E-state index contributed by atoms with van der Waals surface area (Å²) in [5.74, 6) is 2.17. The van der Waals surface area contributed by atoms with E-state index in [2.05, 4.69) is 6.92 Å². The average Bonchev–Trinajstić information content (AvgIpc) is 2.81. The van der Waals surface area contributed by atoms with E-state index in [9.17, 15) is 9.90 Å². The molecule has 0 unspecified atom stereocenters. The number of hydrogen-bond donors (Lipinski definition) is 1. The van der Waals surface area contributed by atoms with Crippen molar-refractivity contribution in [2.24, 2.45) is 23.2 Å². The van der Waals surface area contributed by atoms with Crippen LogP contribution in [0.1, 0.15) is 64.7 Å². The highest BCUT2D eigenvalue weighted by Crippen LogP contribution is 2.62. The molecule has 3 fully saturated rings. The minimum atomic E-state index is -0.638. The molecule has 5 atom stereocenters. The van der Waals surface area contributed by atoms with Crippen LogP contribution in [0.3, 0.4) is 0 Å². The molecule has 0 aromatic rings. The molecule has 0 aliphatic heterocycles. The van der Waals surface area contributed by atoms with Gasteiger partial charge >= 0.3 is 0 Å². The first-order valence-corrected chi connectivity index (χ1v) is 8.49. The molecular formula is C18H26O2. The Morgan fingerprint density at radius 2 is 1.95 bits per heavy atom. The summed E-state index contributed by atoms with van der Waals surface area (Å²) in [5.41, 5.74) is 0.973. The maximum Gasteiger partial charge on any atom is 0.155 e. The van der Waals surface area contributed by atoms with Gasteiger partial charge in [-0.2, -0.15) is 0 Å². The number of rotatable bonds is 0. The Labute approximate surface area is 121 Å². The number of carbonyl (C=O) groups is 1. The zero-order valence-corrected chi connectivity index (χ0v) is 12.5. The monoisotopic (exact) mass is 274 g/mol. The van der Waals surface area contributed by atoms with Gasteiger partial charge in [0.05, 0.1) is 5.60 Å². The maximum absolute atomic E-state index is 11.7. The summed E-state index contributed by atoms with van der Waals surface area (Å²) in [6.07, 6.45) is 11.7. The number of ketones is 1. The average molecular weight is 274 g/mol. The van der Waals surface area contributed by atoms with Gasteiger partial charge in [0.25, 0.3) is 0 Å². The lowest BCUT2D eigenvalue weighted by Crippen LogP contribution is -2.54. The zero-order chi connectivity index (χ0) is 14.0. The SMILES string of the molecule is C[C@@]12CCC[C@H]1[C@@H]1CCC3=CC(=O)CC[C@@]3(O)[C@H]1CC2. The molecule has 3 saturated carbocycles. The Morgan fingerprint density at radius 1 is 1.10 bits per heavy atom. The molecule has 0 amide bonds. The third-order valence-electron chi connectivity index (χ3n) is 7.22. The predicted octanol–water partition coefficient (Wildman–Crippen LogP) is 3.63. The summed E-state index contributed by atoms with van der Waals surface area (Å²) in [7, 11) is 0. The molecule has 0 aromatic carbocycles. The van der Waals surface area contributed by atoms with Gasteiger partial charge in [0.15, 0.2) is 5.78 Å². The van der Waals surface area contributed by atoms with Crippen LogP contribution >= 0.6 is 0 Å². The lowest BCUT2D eigenvalue weighted by atomic mass is 9.51. The Bertz CT molecular complexity index is 480. The van der Waals surface area contributed by atoms with E-state index < -0.39 is 5.60 Å². The summed E-state index contributed by atoms with van der Waals surface area (Å²) in [6.45, 7) is 2.49. The van der Waals surface area contributed by atoms with Crippen molar-refractivity contribution in [3.8, 4) is 0 Å². The third-order valence-corrected chi connectivity index (χ3v) is 7.22. The number of hydrogen-bond acceptors (Lipinski definition) is 2. The van der Waals surface area contributed by atoms with Gasteiger partial charge in [-0.3, -0.25) is 4.79 Å². The number of carbonyl (C=O) groups excluding carboxylic acids is 1. The standard InChI is InChI=1S/C18H26O2/c1-17-8-2-3-15(17)14-5-4-12-11-13(19)6-10-18(12,20)16(14)7-9-17/h11,14-16,20H,2-10H2,1H3/t14-,15-,16-,17-,18-/m0/s1. The van der Waals surface area contributed by atoms with Crippen molar-refractivity contribution in [3.05, 3.63) is 11.6 Å². The number of aliphatic hydroxyl groups is 1. The highest BCUT2D eigenvalue weighted by atomic mass is 16.3. The largest absolute Gasteiger partial charge is 0.385 e. The molecule has 4 rings (SSSR count). The smallest absolute Gasteiger partial charge is 0.155 e. The van der Waals surface area contributed by atoms with Gasteiger partial charge in [0.2, 0.25) is 0 Å². The lowest BCUT2D eigenvalue weighted by Gasteiger charge is -2.56. The molecule has 110 valence electrons. The minimum Gasteiger partial charge on any atom is -0.385 e. The molecule has 4 aliphatic carbocycles. The quantitative estimate of drug-likeness (QED) is 0.732. The van der Waals surface area contributed by atoms with E-state index in [0.717, 1.165) is 17.9 Å². The summed E-state index contributed by atoms with van der Waals surface area (Å²) in [4.78, 5) is 11.7. The van der Waals surface area contributed by atoms with Gasteiger partial charge < -0.3 is 5.11 Å². The first-order valence-electron chi connectivity index (χ1n) is 8.49. The molecule has 0 radical (unpaired) electrons. The van der Waals surface area contributed by atoms with E-state index in [1.54, 1.807) is 6.08 Å². The van der Waals surface area contributed by atoms with Crippen molar-refractivity contribution in [1.82, 2.24) is 0 Å². The fourth-order valence-electron chi connectivity index (χ4n) is 6.18. The van der Waals surface area contributed by atoms with Gasteiger partial charge in [0, 0.05) is 6.42 Å². The van der Waals surface area contributed by atoms with Crippen LogP contribution in [-0.2, 0) is 4.79 Å². The second kappa shape index (κ2) is 4.19. The Kier molecular flexibility index (Phi) is 2.74. The summed E-state index contributed by atoms with van der Waals surface area (Å²) < 4.78 is 0. The van der Waals surface area contributed by atoms with E-state index in [1.165, 1.54) is 38.5 Å². The minimum absolute atomic E-state index is 0.227. The third kappa shape index (κ3) is 1.63. The first kappa shape index (κ1) is 13.1. The predicted molar refractivity (Wildman–Crippen MR) is 78.2 cm³/mol. The van der Waals surface area contributed by atoms with E-state index in [0.29, 0.717) is 30.1 Å². The molecule has 2 nitrogen and oxygen atoms in total. The number of fused-ring (bicyclic) bond motifs is 5. The summed E-state index contributed by atoms with van der Waals surface area (Å²) in [6, 6.07) is 0. The first-order chi connectivity index (χ1) is 9.53. The molecule has 4 aliphatic rings. The highest BCUT2D eigenvalue weighted by Gasteiger charge is 2.57. The van der Waals surface area contributed by atoms with Crippen LogP contribution in [-0.4, -0.2) is 16.5 Å². The van der Waals surface area contributed by atoms with Crippen molar-refractivity contribution in [3.63, 3.8) is 0 Å². The van der Waals surface area contributed by atoms with Gasteiger partial charge in [0.1, 0.15) is 0 Å². The highest BCUT2D eigenvalue weighted by molar-refractivity contribution is 5.92. The topological polar surface area (TPSA) is 37.3 Å². The van der Waals surface area contributed by atoms with Crippen LogP contribution in [0.2, 0.25) is 0 Å². The van der Waals surface area contributed by atoms with E-state index >= 15 is 0 Å². The van der Waals surface area contributed by atoms with Crippen LogP contribution < -0.4 is 0 Å². The second-order valence-corrected chi connectivity index (χ2v) is 8.06. The van der Waals surface area contributed by atoms with E-state index in [-0.39, 0.29) is 5.78 Å². The summed E-state index contributed by atoms with van der Waals surface area (Å²) in [5, 5.41) is 11.3. The molecule has 2 heteroatoms. The van der Waals surface area contributed by atoms with Crippen molar-refractivity contribution in [2.75, 3.05) is 0 Å². The fourth-order valence-corrected chi connectivity index (χ4v) is 6.18. The molecule has 0 aromatic heterocycles. The molecule has 0 bridgehead atoms. The summed E-state index contributed by atoms with van der Waals surface area (Å²) >= 11 is 0. The van der Waals surface area contributed by atoms with Gasteiger partial charge in [-0.15, -0.1) is 0 Å². The van der Waals surface area contributed by atoms with Crippen LogP contribution in [0.4, 0.5) is 0 Å². The van der Waals surface area contributed by atoms with Gasteiger partial charge in [-0.1, -0.05) is 13.3 Å². The molecule has 0 saturated heterocycles. The molecule has 0 heterocycles. The normalized spacial score (nSPS) is 51.0. The van der Waals surface area contributed by atoms with Crippen LogP contribution in [0.25, 0.3) is 0 Å². The molecule has 20 heavy (non-hydrogen) atoms. The molecular weight excluding hydrogens is 248 g/mol. The van der Waals surface area contributed by atoms with Crippen molar-refractivity contribution < 1.29 is 9.90 Å². The van der Waals surface area contributed by atoms with Crippen LogP contribution in [0.15, 0.2) is 11.6 Å². The molecule has 1 N–H and O–H groups in total. The Morgan fingerprint density at radius 3 is 2.80 bits per heavy atom.